The van der Waals surface area contributed by atoms with Gasteiger partial charge in [-0.25, -0.2) is 4.79 Å². The molecule has 1 aliphatic heterocycles. The largest absolute Gasteiger partial charge is 0.497 e. The Balaban J connectivity index is 1.73. The smallest absolute Gasteiger partial charge is 0.324 e. The van der Waals surface area contributed by atoms with Crippen molar-refractivity contribution in [3.05, 3.63) is 46.7 Å². The zero-order chi connectivity index (χ0) is 17.3. The molecule has 24 heavy (non-hydrogen) atoms. The third-order valence-corrected chi connectivity index (χ3v) is 4.22. The van der Waals surface area contributed by atoms with Crippen molar-refractivity contribution in [1.29, 1.82) is 0 Å². The maximum atomic E-state index is 12.4. The highest BCUT2D eigenvalue weighted by molar-refractivity contribution is 6.31. The molecule has 1 aromatic carbocycles. The standard InChI is InChI=1S/C16H17ClN4O3/c1-20-8-12(17)14(19-20)9-21-15(22)7-13(18-16(21)23)10-3-5-11(24-2)6-4-10/h3-6,8,13H,7,9H2,1-2H3,(H,18,23)/t13-/m0/s1. The van der Waals surface area contributed by atoms with Crippen molar-refractivity contribution in [2.75, 3.05) is 7.11 Å². The Morgan fingerprint density at radius 3 is 2.58 bits per heavy atom. The highest BCUT2D eigenvalue weighted by atomic mass is 35.5. The van der Waals surface area contributed by atoms with Crippen LogP contribution in [0.2, 0.25) is 5.02 Å². The fourth-order valence-electron chi connectivity index (χ4n) is 2.64. The fraction of sp³-hybridized carbons (Fsp3) is 0.312. The van der Waals surface area contributed by atoms with Crippen LogP contribution in [0.5, 0.6) is 5.75 Å². The van der Waals surface area contributed by atoms with Crippen LogP contribution in [0.4, 0.5) is 4.79 Å². The van der Waals surface area contributed by atoms with Gasteiger partial charge in [-0.3, -0.25) is 14.4 Å². The van der Waals surface area contributed by atoms with Crippen molar-refractivity contribution in [2.24, 2.45) is 7.05 Å². The zero-order valence-corrected chi connectivity index (χ0v) is 14.1. The lowest BCUT2D eigenvalue weighted by molar-refractivity contribution is -0.130. The van der Waals surface area contributed by atoms with Gasteiger partial charge < -0.3 is 10.1 Å². The van der Waals surface area contributed by atoms with Gasteiger partial charge in [-0.15, -0.1) is 0 Å². The number of hydrogen-bond acceptors (Lipinski definition) is 4. The van der Waals surface area contributed by atoms with Crippen LogP contribution in [0, 0.1) is 0 Å². The van der Waals surface area contributed by atoms with Crippen LogP contribution in [-0.4, -0.2) is 33.7 Å². The van der Waals surface area contributed by atoms with Crippen LogP contribution in [0.25, 0.3) is 0 Å². The molecule has 1 N–H and O–H groups in total. The summed E-state index contributed by atoms with van der Waals surface area (Å²) in [6.07, 6.45) is 1.81. The average Bonchev–Trinajstić information content (AvgIpc) is 2.88. The SMILES string of the molecule is COc1ccc([C@@H]2CC(=O)N(Cc3nn(C)cc3Cl)C(=O)N2)cc1. The van der Waals surface area contributed by atoms with Crippen LogP contribution < -0.4 is 10.1 Å². The summed E-state index contributed by atoms with van der Waals surface area (Å²) in [5.41, 5.74) is 1.35. The van der Waals surface area contributed by atoms with Gasteiger partial charge in [0.1, 0.15) is 11.4 Å². The molecule has 0 spiro atoms. The summed E-state index contributed by atoms with van der Waals surface area (Å²) in [7, 11) is 3.31. The number of ether oxygens (including phenoxy) is 1. The molecule has 1 aromatic heterocycles. The predicted octanol–water partition coefficient (Wildman–Crippen LogP) is 2.27. The molecular formula is C16H17ClN4O3. The number of aromatic nitrogens is 2. The van der Waals surface area contributed by atoms with Gasteiger partial charge in [0.05, 0.1) is 31.1 Å². The Bertz CT molecular complexity index is 754. The van der Waals surface area contributed by atoms with E-state index >= 15 is 0 Å². The van der Waals surface area contributed by atoms with Crippen molar-refractivity contribution < 1.29 is 14.3 Å². The van der Waals surface area contributed by atoms with Gasteiger partial charge in [-0.05, 0) is 17.7 Å². The first-order chi connectivity index (χ1) is 11.5. The molecule has 3 amide bonds. The van der Waals surface area contributed by atoms with Crippen molar-refractivity contribution in [3.63, 3.8) is 0 Å². The van der Waals surface area contributed by atoms with Crippen LogP contribution >= 0.6 is 11.6 Å². The number of nitrogens with one attached hydrogen (secondary N) is 1. The molecule has 2 aromatic rings. The van der Waals surface area contributed by atoms with E-state index in [1.54, 1.807) is 37.2 Å². The Labute approximate surface area is 144 Å². The molecule has 1 fully saturated rings. The lowest BCUT2D eigenvalue weighted by Crippen LogP contribution is -2.50. The van der Waals surface area contributed by atoms with Gasteiger partial charge in [-0.1, -0.05) is 23.7 Å². The van der Waals surface area contributed by atoms with E-state index in [0.717, 1.165) is 16.2 Å². The molecule has 0 radical (unpaired) electrons. The third-order valence-electron chi connectivity index (χ3n) is 3.90. The lowest BCUT2D eigenvalue weighted by atomic mass is 10.0. The number of benzene rings is 1. The number of amides is 3. The molecule has 0 saturated carbocycles. The van der Waals surface area contributed by atoms with Gasteiger partial charge in [0.25, 0.3) is 0 Å². The van der Waals surface area contributed by atoms with Gasteiger partial charge in [0.2, 0.25) is 5.91 Å². The molecule has 1 atom stereocenters. The van der Waals surface area contributed by atoms with E-state index in [0.29, 0.717) is 10.7 Å². The summed E-state index contributed by atoms with van der Waals surface area (Å²) in [4.78, 5) is 25.9. The van der Waals surface area contributed by atoms with Crippen LogP contribution in [0.1, 0.15) is 23.7 Å². The second-order valence-corrected chi connectivity index (χ2v) is 5.96. The quantitative estimate of drug-likeness (QED) is 0.919. The number of carbonyl (C=O) groups excluding carboxylic acids is 2. The van der Waals surface area contributed by atoms with Crippen LogP contribution in [0.15, 0.2) is 30.5 Å². The van der Waals surface area contributed by atoms with Crippen molar-refractivity contribution in [2.45, 2.75) is 19.0 Å². The minimum Gasteiger partial charge on any atom is -0.497 e. The number of halogens is 1. The van der Waals surface area contributed by atoms with Crippen LogP contribution in [0.3, 0.4) is 0 Å². The predicted molar refractivity (Wildman–Crippen MR) is 87.7 cm³/mol. The highest BCUT2D eigenvalue weighted by Gasteiger charge is 2.33. The monoisotopic (exact) mass is 348 g/mol. The molecule has 0 aliphatic carbocycles. The number of methoxy groups -OCH3 is 1. The van der Waals surface area contributed by atoms with Gasteiger partial charge >= 0.3 is 6.03 Å². The number of rotatable bonds is 4. The van der Waals surface area contributed by atoms with E-state index in [1.807, 2.05) is 12.1 Å². The molecule has 3 rings (SSSR count). The number of carbonyl (C=O) groups is 2. The van der Waals surface area contributed by atoms with Crippen molar-refractivity contribution in [1.82, 2.24) is 20.0 Å². The molecule has 8 heteroatoms. The number of hydrogen-bond donors (Lipinski definition) is 1. The maximum Gasteiger partial charge on any atom is 0.324 e. The second-order valence-electron chi connectivity index (χ2n) is 5.56. The van der Waals surface area contributed by atoms with Gasteiger partial charge in [0, 0.05) is 13.2 Å². The molecule has 0 bridgehead atoms. The molecule has 1 saturated heterocycles. The van der Waals surface area contributed by atoms with Gasteiger partial charge in [-0.2, -0.15) is 5.10 Å². The summed E-state index contributed by atoms with van der Waals surface area (Å²) < 4.78 is 6.66. The van der Waals surface area contributed by atoms with Crippen LogP contribution in [-0.2, 0) is 18.4 Å². The topological polar surface area (TPSA) is 76.5 Å². The molecular weight excluding hydrogens is 332 g/mol. The van der Waals surface area contributed by atoms with E-state index in [-0.39, 0.29) is 24.9 Å². The summed E-state index contributed by atoms with van der Waals surface area (Å²) in [5, 5.41) is 7.44. The zero-order valence-electron chi connectivity index (χ0n) is 13.3. The summed E-state index contributed by atoms with van der Waals surface area (Å²) in [6, 6.07) is 6.46. The molecule has 2 heterocycles. The Morgan fingerprint density at radius 2 is 2.04 bits per heavy atom. The van der Waals surface area contributed by atoms with Crippen molar-refractivity contribution in [3.8, 4) is 5.75 Å². The Kier molecular flexibility index (Phi) is 4.44. The van der Waals surface area contributed by atoms with E-state index in [4.69, 9.17) is 16.3 Å². The minimum atomic E-state index is -0.450. The molecule has 1 aliphatic rings. The second kappa shape index (κ2) is 6.52. The average molecular weight is 349 g/mol. The third kappa shape index (κ3) is 3.21. The van der Waals surface area contributed by atoms with E-state index < -0.39 is 6.03 Å². The Hall–Kier alpha value is -2.54. The number of urea groups is 1. The Morgan fingerprint density at radius 1 is 1.33 bits per heavy atom. The first kappa shape index (κ1) is 16.3. The first-order valence-electron chi connectivity index (χ1n) is 7.40. The van der Waals surface area contributed by atoms with Crippen molar-refractivity contribution >= 4 is 23.5 Å². The summed E-state index contributed by atoms with van der Waals surface area (Å²) >= 11 is 6.05. The minimum absolute atomic E-state index is 0.0552. The number of imide groups is 1. The molecule has 7 nitrogen and oxygen atoms in total. The van der Waals surface area contributed by atoms with E-state index in [2.05, 4.69) is 10.4 Å². The first-order valence-corrected chi connectivity index (χ1v) is 7.78. The summed E-state index contributed by atoms with van der Waals surface area (Å²) in [5.74, 6) is 0.458. The molecule has 126 valence electrons. The number of aryl methyl sites for hydroxylation is 1. The fourth-order valence-corrected chi connectivity index (χ4v) is 2.87. The molecule has 0 unspecified atom stereocenters. The van der Waals surface area contributed by atoms with E-state index in [9.17, 15) is 9.59 Å². The maximum absolute atomic E-state index is 12.4. The highest BCUT2D eigenvalue weighted by Crippen LogP contribution is 2.26. The van der Waals surface area contributed by atoms with E-state index in [1.165, 1.54) is 0 Å². The lowest BCUT2D eigenvalue weighted by Gasteiger charge is -2.31. The summed E-state index contributed by atoms with van der Waals surface area (Å²) in [6.45, 7) is 0.0552. The number of nitrogens with zero attached hydrogens (tertiary/aromatic N) is 3. The normalized spacial score (nSPS) is 17.8. The van der Waals surface area contributed by atoms with Gasteiger partial charge in [0.15, 0.2) is 0 Å².